The average molecular weight is 324 g/mol. The summed E-state index contributed by atoms with van der Waals surface area (Å²) < 4.78 is 34.3. The zero-order valence-corrected chi connectivity index (χ0v) is 13.6. The molecule has 0 radical (unpaired) electrons. The topological polar surface area (TPSA) is 36.9 Å². The van der Waals surface area contributed by atoms with Crippen LogP contribution in [0.1, 0.15) is 18.4 Å². The Kier molecular flexibility index (Phi) is 10.8. The van der Waals surface area contributed by atoms with Gasteiger partial charge in [0.1, 0.15) is 12.4 Å². The SMILES string of the molecule is C=CCCC(OCc1ccccc1)/C(=C\F)OCOCCOC. The molecule has 0 aliphatic carbocycles. The Balaban J connectivity index is 2.50. The van der Waals surface area contributed by atoms with Gasteiger partial charge in [0.25, 0.3) is 0 Å². The fourth-order valence-electron chi connectivity index (χ4n) is 1.85. The molecule has 1 atom stereocenters. The lowest BCUT2D eigenvalue weighted by Gasteiger charge is -2.20. The predicted molar refractivity (Wildman–Crippen MR) is 87.4 cm³/mol. The van der Waals surface area contributed by atoms with Crippen LogP contribution < -0.4 is 0 Å². The number of hydrogen-bond donors (Lipinski definition) is 0. The molecule has 0 N–H and O–H groups in total. The first-order valence-electron chi connectivity index (χ1n) is 7.58. The third-order valence-electron chi connectivity index (χ3n) is 3.09. The van der Waals surface area contributed by atoms with Crippen molar-refractivity contribution in [1.82, 2.24) is 0 Å². The van der Waals surface area contributed by atoms with Crippen molar-refractivity contribution in [2.24, 2.45) is 0 Å². The summed E-state index contributed by atoms with van der Waals surface area (Å²) in [5, 5.41) is 0. The third-order valence-corrected chi connectivity index (χ3v) is 3.09. The molecule has 0 bridgehead atoms. The van der Waals surface area contributed by atoms with E-state index >= 15 is 0 Å². The van der Waals surface area contributed by atoms with E-state index < -0.39 is 6.10 Å². The summed E-state index contributed by atoms with van der Waals surface area (Å²) in [5.41, 5.74) is 1.02. The minimum atomic E-state index is -0.482. The van der Waals surface area contributed by atoms with Crippen LogP contribution in [0.3, 0.4) is 0 Å². The highest BCUT2D eigenvalue weighted by Gasteiger charge is 2.17. The smallest absolute Gasteiger partial charge is 0.188 e. The van der Waals surface area contributed by atoms with Crippen LogP contribution in [0.5, 0.6) is 0 Å². The van der Waals surface area contributed by atoms with Gasteiger partial charge in [-0.1, -0.05) is 36.4 Å². The highest BCUT2D eigenvalue weighted by molar-refractivity contribution is 5.13. The van der Waals surface area contributed by atoms with Gasteiger partial charge in [0.2, 0.25) is 0 Å². The lowest BCUT2D eigenvalue weighted by molar-refractivity contribution is -0.0683. The van der Waals surface area contributed by atoms with Crippen LogP contribution in [0.4, 0.5) is 4.39 Å². The fraction of sp³-hybridized carbons (Fsp3) is 0.444. The Labute approximate surface area is 137 Å². The molecule has 0 aromatic heterocycles. The molecule has 0 aliphatic heterocycles. The summed E-state index contributed by atoms with van der Waals surface area (Å²) in [7, 11) is 1.58. The van der Waals surface area contributed by atoms with Crippen molar-refractivity contribution >= 4 is 0 Å². The van der Waals surface area contributed by atoms with E-state index in [1.165, 1.54) is 0 Å². The minimum Gasteiger partial charge on any atom is -0.467 e. The number of methoxy groups -OCH3 is 1. The van der Waals surface area contributed by atoms with Gasteiger partial charge in [0.15, 0.2) is 12.6 Å². The summed E-state index contributed by atoms with van der Waals surface area (Å²) in [4.78, 5) is 0. The number of hydrogen-bond acceptors (Lipinski definition) is 4. The first kappa shape index (κ1) is 19.4. The minimum absolute atomic E-state index is 0.0433. The van der Waals surface area contributed by atoms with E-state index in [0.29, 0.717) is 39.0 Å². The second-order valence-electron chi connectivity index (χ2n) is 4.83. The molecule has 0 spiro atoms. The van der Waals surface area contributed by atoms with E-state index in [0.717, 1.165) is 5.56 Å². The van der Waals surface area contributed by atoms with Gasteiger partial charge in [-0.25, -0.2) is 4.39 Å². The van der Waals surface area contributed by atoms with Gasteiger partial charge in [-0.05, 0) is 18.4 Å². The highest BCUT2D eigenvalue weighted by atomic mass is 19.1. The number of benzene rings is 1. The molecule has 0 heterocycles. The Bertz CT molecular complexity index is 448. The maximum Gasteiger partial charge on any atom is 0.188 e. The Morgan fingerprint density at radius 1 is 1.26 bits per heavy atom. The van der Waals surface area contributed by atoms with Crippen LogP contribution >= 0.6 is 0 Å². The van der Waals surface area contributed by atoms with E-state index in [1.54, 1.807) is 13.2 Å². The maximum atomic E-state index is 13.2. The van der Waals surface area contributed by atoms with Crippen molar-refractivity contribution in [3.8, 4) is 0 Å². The molecular formula is C18H25FO4. The molecule has 0 aliphatic rings. The number of ether oxygens (including phenoxy) is 4. The summed E-state index contributed by atoms with van der Waals surface area (Å²) in [6.45, 7) is 4.87. The van der Waals surface area contributed by atoms with Gasteiger partial charge in [-0.2, -0.15) is 0 Å². The Hall–Kier alpha value is -1.69. The molecule has 0 fully saturated rings. The highest BCUT2D eigenvalue weighted by Crippen LogP contribution is 2.17. The quantitative estimate of drug-likeness (QED) is 0.238. The van der Waals surface area contributed by atoms with Crippen molar-refractivity contribution in [1.29, 1.82) is 0 Å². The lowest BCUT2D eigenvalue weighted by Crippen LogP contribution is -2.19. The van der Waals surface area contributed by atoms with Crippen molar-refractivity contribution in [2.45, 2.75) is 25.6 Å². The molecule has 0 amide bonds. The van der Waals surface area contributed by atoms with Crippen LogP contribution in [0.15, 0.2) is 55.1 Å². The lowest BCUT2D eigenvalue weighted by atomic mass is 10.1. The van der Waals surface area contributed by atoms with E-state index in [-0.39, 0.29) is 12.6 Å². The van der Waals surface area contributed by atoms with Crippen LogP contribution in [-0.2, 0) is 25.6 Å². The molecule has 4 nitrogen and oxygen atoms in total. The maximum absolute atomic E-state index is 13.2. The number of rotatable bonds is 13. The molecule has 5 heteroatoms. The normalized spacial score (nSPS) is 12.9. The van der Waals surface area contributed by atoms with Crippen molar-refractivity contribution < 1.29 is 23.3 Å². The zero-order valence-electron chi connectivity index (χ0n) is 13.6. The van der Waals surface area contributed by atoms with Crippen LogP contribution in [0.25, 0.3) is 0 Å². The molecule has 0 saturated heterocycles. The van der Waals surface area contributed by atoms with Crippen molar-refractivity contribution in [2.75, 3.05) is 27.1 Å². The second-order valence-corrected chi connectivity index (χ2v) is 4.83. The molecule has 1 rings (SSSR count). The average Bonchev–Trinajstić information content (AvgIpc) is 2.60. The molecule has 1 unspecified atom stereocenters. The monoisotopic (exact) mass is 324 g/mol. The van der Waals surface area contributed by atoms with E-state index in [1.807, 2.05) is 30.3 Å². The number of halogens is 1. The van der Waals surface area contributed by atoms with Crippen LogP contribution in [0.2, 0.25) is 0 Å². The van der Waals surface area contributed by atoms with Gasteiger partial charge in [-0.3, -0.25) is 0 Å². The Morgan fingerprint density at radius 3 is 2.70 bits per heavy atom. The predicted octanol–water partition coefficient (Wildman–Crippen LogP) is 3.99. The standard InChI is InChI=1S/C18H25FO4/c1-3-4-10-17(22-14-16-8-6-5-7-9-16)18(13-19)23-15-21-12-11-20-2/h3,5-9,13,17H,1,4,10-12,14-15H2,2H3/b18-13+. The van der Waals surface area contributed by atoms with Crippen LogP contribution in [0, 0.1) is 0 Å². The first-order valence-corrected chi connectivity index (χ1v) is 7.58. The first-order chi connectivity index (χ1) is 11.3. The molecule has 1 aromatic carbocycles. The molecule has 1 aromatic rings. The third kappa shape index (κ3) is 8.50. The van der Waals surface area contributed by atoms with Crippen molar-refractivity contribution in [3.63, 3.8) is 0 Å². The van der Waals surface area contributed by atoms with Gasteiger partial charge in [0.05, 0.1) is 19.8 Å². The molecular weight excluding hydrogens is 299 g/mol. The largest absolute Gasteiger partial charge is 0.467 e. The van der Waals surface area contributed by atoms with Gasteiger partial charge in [0, 0.05) is 7.11 Å². The summed E-state index contributed by atoms with van der Waals surface area (Å²) in [6.07, 6.45) is 3.00. The zero-order chi connectivity index (χ0) is 16.8. The number of allylic oxidation sites excluding steroid dienone is 1. The van der Waals surface area contributed by atoms with Gasteiger partial charge < -0.3 is 18.9 Å². The summed E-state index contributed by atoms with van der Waals surface area (Å²) >= 11 is 0. The summed E-state index contributed by atoms with van der Waals surface area (Å²) in [6, 6.07) is 9.72. The van der Waals surface area contributed by atoms with Crippen LogP contribution in [-0.4, -0.2) is 33.2 Å². The van der Waals surface area contributed by atoms with E-state index in [4.69, 9.17) is 18.9 Å². The van der Waals surface area contributed by atoms with E-state index in [9.17, 15) is 4.39 Å². The van der Waals surface area contributed by atoms with Gasteiger partial charge in [-0.15, -0.1) is 6.58 Å². The summed E-state index contributed by atoms with van der Waals surface area (Å²) in [5.74, 6) is 0.125. The van der Waals surface area contributed by atoms with Gasteiger partial charge >= 0.3 is 0 Å². The van der Waals surface area contributed by atoms with E-state index in [2.05, 4.69) is 6.58 Å². The second kappa shape index (κ2) is 12.8. The fourth-order valence-corrected chi connectivity index (χ4v) is 1.85. The molecule has 0 saturated carbocycles. The molecule has 128 valence electrons. The van der Waals surface area contributed by atoms with Crippen molar-refractivity contribution in [3.05, 3.63) is 60.6 Å². The molecule has 23 heavy (non-hydrogen) atoms. The Morgan fingerprint density at radius 2 is 2.04 bits per heavy atom.